The normalized spacial score (nSPS) is 28.3. The van der Waals surface area contributed by atoms with Gasteiger partial charge in [0.05, 0.1) is 38.4 Å². The second-order valence-corrected chi connectivity index (χ2v) is 5.55. The van der Waals surface area contributed by atoms with E-state index in [1.54, 1.807) is 0 Å². The van der Waals surface area contributed by atoms with E-state index in [0.29, 0.717) is 6.29 Å². The molecule has 0 aliphatic carbocycles. The van der Waals surface area contributed by atoms with Gasteiger partial charge in [0.25, 0.3) is 0 Å². The Balaban J connectivity index is 2.39. The van der Waals surface area contributed by atoms with Gasteiger partial charge < -0.3 is 44.2 Å². The smallest absolute Gasteiger partial charge is 0.335 e. The van der Waals surface area contributed by atoms with Gasteiger partial charge >= 0.3 is 5.97 Å². The molecule has 1 saturated heterocycles. The van der Waals surface area contributed by atoms with Crippen molar-refractivity contribution in [1.29, 1.82) is 0 Å². The molecule has 5 atom stereocenters. The number of carbonyl (C=O) groups is 2. The summed E-state index contributed by atoms with van der Waals surface area (Å²) in [7, 11) is 2.56. The van der Waals surface area contributed by atoms with Crippen molar-refractivity contribution in [3.8, 4) is 17.2 Å². The van der Waals surface area contributed by atoms with Crippen molar-refractivity contribution in [1.82, 2.24) is 0 Å². The van der Waals surface area contributed by atoms with E-state index in [4.69, 9.17) is 24.1 Å². The molecular formula is C16H20O10. The van der Waals surface area contributed by atoms with Gasteiger partial charge in [0, 0.05) is 0 Å². The van der Waals surface area contributed by atoms with Crippen LogP contribution in [0.25, 0.3) is 0 Å². The monoisotopic (exact) mass is 372 g/mol. The van der Waals surface area contributed by atoms with Gasteiger partial charge in [-0.2, -0.15) is 0 Å². The topological polar surface area (TPSA) is 152 Å². The van der Waals surface area contributed by atoms with Crippen molar-refractivity contribution in [3.05, 3.63) is 17.7 Å². The Labute approximate surface area is 148 Å². The summed E-state index contributed by atoms with van der Waals surface area (Å²) in [6, 6.07) is 2.37. The third-order valence-electron chi connectivity index (χ3n) is 4.04. The summed E-state index contributed by atoms with van der Waals surface area (Å²) in [5, 5.41) is 38.6. The SMILES string of the molecule is COc1cc(C(=O)O)cc(OC)c1O[C@@H]1O[C@H](CO)[C@@H](O)[C@H](C=O)[C@H]1O. The molecule has 1 aromatic carbocycles. The lowest BCUT2D eigenvalue weighted by Gasteiger charge is -2.40. The first-order chi connectivity index (χ1) is 12.4. The number of aliphatic hydroxyl groups is 3. The number of rotatable bonds is 7. The maximum Gasteiger partial charge on any atom is 0.335 e. The molecule has 10 nitrogen and oxygen atoms in total. The van der Waals surface area contributed by atoms with Crippen molar-refractivity contribution >= 4 is 12.3 Å². The predicted octanol–water partition coefficient (Wildman–Crippen LogP) is -0.965. The molecule has 10 heteroatoms. The van der Waals surface area contributed by atoms with Crippen molar-refractivity contribution in [2.45, 2.75) is 24.6 Å². The standard InChI is InChI=1S/C16H20O10/c1-23-9-3-7(15(21)22)4-10(24-2)14(9)26-16-13(20)8(5-17)12(19)11(6-18)25-16/h3-5,8,11-13,16,18-20H,6H2,1-2H3,(H,21,22)/t8-,11+,12-,13+,16-/m0/s1. The van der Waals surface area contributed by atoms with E-state index >= 15 is 0 Å². The van der Waals surface area contributed by atoms with Gasteiger partial charge in [0.1, 0.15) is 18.5 Å². The summed E-state index contributed by atoms with van der Waals surface area (Å²) >= 11 is 0. The van der Waals surface area contributed by atoms with Crippen LogP contribution in [-0.2, 0) is 9.53 Å². The van der Waals surface area contributed by atoms with E-state index in [-0.39, 0.29) is 22.8 Å². The molecular weight excluding hydrogens is 352 g/mol. The summed E-state index contributed by atoms with van der Waals surface area (Å²) in [6.07, 6.45) is -5.21. The van der Waals surface area contributed by atoms with E-state index < -0.39 is 43.1 Å². The predicted molar refractivity (Wildman–Crippen MR) is 84.4 cm³/mol. The lowest BCUT2D eigenvalue weighted by Crippen LogP contribution is -2.57. The molecule has 1 fully saturated rings. The summed E-state index contributed by atoms with van der Waals surface area (Å²) in [4.78, 5) is 22.4. The maximum atomic E-state index is 11.2. The van der Waals surface area contributed by atoms with Crippen LogP contribution in [0.5, 0.6) is 17.2 Å². The first-order valence-corrected chi connectivity index (χ1v) is 7.61. The number of ether oxygens (including phenoxy) is 4. The second kappa shape index (κ2) is 8.32. The molecule has 1 aliphatic heterocycles. The molecule has 1 heterocycles. The molecule has 0 saturated carbocycles. The van der Waals surface area contributed by atoms with E-state index in [0.717, 1.165) is 0 Å². The van der Waals surface area contributed by atoms with Crippen LogP contribution < -0.4 is 14.2 Å². The third kappa shape index (κ3) is 3.73. The second-order valence-electron chi connectivity index (χ2n) is 5.55. The summed E-state index contributed by atoms with van der Waals surface area (Å²) in [5.74, 6) is -2.55. The van der Waals surface area contributed by atoms with Crippen LogP contribution in [0.15, 0.2) is 12.1 Å². The molecule has 0 radical (unpaired) electrons. The first kappa shape index (κ1) is 19.9. The van der Waals surface area contributed by atoms with E-state index in [1.807, 2.05) is 0 Å². The Hall–Kier alpha value is -2.40. The largest absolute Gasteiger partial charge is 0.493 e. The van der Waals surface area contributed by atoms with Gasteiger partial charge in [-0.1, -0.05) is 0 Å². The Kier molecular flexibility index (Phi) is 6.37. The molecule has 1 aliphatic rings. The quantitative estimate of drug-likeness (QED) is 0.440. The average Bonchev–Trinajstić information content (AvgIpc) is 2.63. The van der Waals surface area contributed by atoms with E-state index in [2.05, 4.69) is 0 Å². The van der Waals surface area contributed by atoms with Crippen molar-refractivity contribution in [2.75, 3.05) is 20.8 Å². The zero-order chi connectivity index (χ0) is 19.4. The lowest BCUT2D eigenvalue weighted by atomic mass is 9.90. The van der Waals surface area contributed by atoms with Crippen LogP contribution in [0, 0.1) is 5.92 Å². The number of hydrogen-bond donors (Lipinski definition) is 4. The van der Waals surface area contributed by atoms with Crippen LogP contribution >= 0.6 is 0 Å². The number of carboxylic acid groups (broad SMARTS) is 1. The molecule has 0 spiro atoms. The third-order valence-corrected chi connectivity index (χ3v) is 4.04. The fraction of sp³-hybridized carbons (Fsp3) is 0.500. The van der Waals surface area contributed by atoms with Crippen molar-refractivity contribution in [2.24, 2.45) is 5.92 Å². The molecule has 0 unspecified atom stereocenters. The highest BCUT2D eigenvalue weighted by atomic mass is 16.7. The number of aldehydes is 1. The highest BCUT2D eigenvalue weighted by Crippen LogP contribution is 2.40. The Morgan fingerprint density at radius 3 is 2.19 bits per heavy atom. The Bertz CT molecular complexity index is 635. The highest BCUT2D eigenvalue weighted by Gasteiger charge is 2.46. The first-order valence-electron chi connectivity index (χ1n) is 7.61. The molecule has 0 amide bonds. The summed E-state index contributed by atoms with van der Waals surface area (Å²) in [5.41, 5.74) is -0.120. The minimum atomic E-state index is -1.54. The van der Waals surface area contributed by atoms with Crippen molar-refractivity contribution in [3.63, 3.8) is 0 Å². The van der Waals surface area contributed by atoms with Gasteiger partial charge in [-0.3, -0.25) is 0 Å². The molecule has 26 heavy (non-hydrogen) atoms. The Morgan fingerprint density at radius 2 is 1.77 bits per heavy atom. The number of aromatic carboxylic acids is 1. The number of carboxylic acids is 1. The molecule has 0 bridgehead atoms. The number of benzene rings is 1. The zero-order valence-corrected chi connectivity index (χ0v) is 14.1. The summed E-state index contributed by atoms with van der Waals surface area (Å²) < 4.78 is 21.1. The van der Waals surface area contributed by atoms with Crippen LogP contribution in [0.4, 0.5) is 0 Å². The fourth-order valence-corrected chi connectivity index (χ4v) is 2.61. The van der Waals surface area contributed by atoms with Crippen LogP contribution in [0.3, 0.4) is 0 Å². The number of carbonyl (C=O) groups excluding carboxylic acids is 1. The van der Waals surface area contributed by atoms with E-state index in [1.165, 1.54) is 26.4 Å². The average molecular weight is 372 g/mol. The number of hydrogen-bond acceptors (Lipinski definition) is 9. The number of aliphatic hydroxyl groups excluding tert-OH is 3. The van der Waals surface area contributed by atoms with Gasteiger partial charge in [0.15, 0.2) is 11.5 Å². The van der Waals surface area contributed by atoms with Gasteiger partial charge in [-0.15, -0.1) is 0 Å². The van der Waals surface area contributed by atoms with Gasteiger partial charge in [-0.05, 0) is 12.1 Å². The molecule has 4 N–H and O–H groups in total. The molecule has 1 aromatic rings. The van der Waals surface area contributed by atoms with Crippen LogP contribution in [0.2, 0.25) is 0 Å². The van der Waals surface area contributed by atoms with Crippen LogP contribution in [-0.4, -0.2) is 78.1 Å². The fourth-order valence-electron chi connectivity index (χ4n) is 2.61. The highest BCUT2D eigenvalue weighted by molar-refractivity contribution is 5.89. The Morgan fingerprint density at radius 1 is 1.19 bits per heavy atom. The van der Waals surface area contributed by atoms with Gasteiger partial charge in [0.2, 0.25) is 12.0 Å². The molecule has 2 rings (SSSR count). The minimum Gasteiger partial charge on any atom is -0.493 e. The maximum absolute atomic E-state index is 11.2. The molecule has 144 valence electrons. The minimum absolute atomic E-state index is 0.00752. The summed E-state index contributed by atoms with van der Waals surface area (Å²) in [6.45, 7) is -0.607. The van der Waals surface area contributed by atoms with Crippen molar-refractivity contribution < 1.29 is 49.0 Å². The van der Waals surface area contributed by atoms with Crippen LogP contribution in [0.1, 0.15) is 10.4 Å². The van der Waals surface area contributed by atoms with E-state index in [9.17, 15) is 24.9 Å². The molecule has 0 aromatic heterocycles. The lowest BCUT2D eigenvalue weighted by molar-refractivity contribution is -0.257. The zero-order valence-electron chi connectivity index (χ0n) is 14.1. The number of methoxy groups -OCH3 is 2. The van der Waals surface area contributed by atoms with Gasteiger partial charge in [-0.25, -0.2) is 4.79 Å².